The minimum absolute atomic E-state index is 0.0773. The van der Waals surface area contributed by atoms with Crippen LogP contribution in [0.4, 0.5) is 14.4 Å². The van der Waals surface area contributed by atoms with Crippen molar-refractivity contribution in [2.45, 2.75) is 61.3 Å². The highest BCUT2D eigenvalue weighted by atomic mass is 17.2. The van der Waals surface area contributed by atoms with Crippen LogP contribution in [0.5, 0.6) is 0 Å². The van der Waals surface area contributed by atoms with Gasteiger partial charge in [-0.2, -0.15) is 14.4 Å². The zero-order valence-electron chi connectivity index (χ0n) is 29.9. The molecule has 15 nitrogen and oxygen atoms in total. The highest BCUT2D eigenvalue weighted by Crippen LogP contribution is 2.27. The fraction of sp³-hybridized carbons (Fsp3) is 0.351. The van der Waals surface area contributed by atoms with Crippen LogP contribution in [0.3, 0.4) is 0 Å². The molecule has 0 N–H and O–H groups in total. The van der Waals surface area contributed by atoms with E-state index in [1.54, 1.807) is 48.5 Å². The molecular weight excluding hydrogens is 684 g/mol. The van der Waals surface area contributed by atoms with E-state index in [2.05, 4.69) is 29.3 Å². The number of benzene rings is 3. The zero-order valence-corrected chi connectivity index (χ0v) is 29.9. The van der Waals surface area contributed by atoms with Gasteiger partial charge in [-0.05, 0) is 84.4 Å². The van der Waals surface area contributed by atoms with Crippen LogP contribution in [0.2, 0.25) is 0 Å². The zero-order chi connectivity index (χ0) is 38.4. The quantitative estimate of drug-likeness (QED) is 0.0823. The van der Waals surface area contributed by atoms with Gasteiger partial charge in [0.05, 0.1) is 22.1 Å². The SMILES string of the molecule is CCCC(COC(=O)OOC(=O)c1cc(C)cc(C)c1)(COC(=O)OOC(=O)c1cc(C)cc(C)c1)COC(=O)OOC(=O)c1cc(C)cc(C)c1. The number of rotatable bonds is 11. The predicted octanol–water partition coefficient (Wildman–Crippen LogP) is 7.40. The topological polar surface area (TPSA) is 185 Å². The molecule has 3 rings (SSSR count). The smallest absolute Gasteiger partial charge is 0.431 e. The monoisotopic (exact) mass is 724 g/mol. The minimum Gasteiger partial charge on any atom is -0.431 e. The van der Waals surface area contributed by atoms with Crippen molar-refractivity contribution in [2.24, 2.45) is 5.41 Å². The van der Waals surface area contributed by atoms with E-state index < -0.39 is 61.6 Å². The van der Waals surface area contributed by atoms with E-state index in [0.717, 1.165) is 33.4 Å². The average Bonchev–Trinajstić information content (AvgIpc) is 3.07. The third-order valence-electron chi connectivity index (χ3n) is 7.20. The number of carbonyl (C=O) groups is 6. The molecule has 0 heterocycles. The second kappa shape index (κ2) is 18.8. The molecule has 52 heavy (non-hydrogen) atoms. The highest BCUT2D eigenvalue weighted by Gasteiger charge is 2.37. The van der Waals surface area contributed by atoms with Gasteiger partial charge in [-0.3, -0.25) is 0 Å². The first-order valence-electron chi connectivity index (χ1n) is 16.0. The number of ether oxygens (including phenoxy) is 3. The standard InChI is InChI=1S/C37H40O15/c1-8-9-37(19-44-34(41)50-47-31(38)28-13-22(2)10-23(3)14-28,20-45-35(42)51-48-32(39)29-15-24(4)11-25(5)16-29)21-46-36(43)52-49-33(40)30-17-26(6)12-27(7)18-30/h10-18H,8-9,19-21H2,1-7H3. The molecule has 15 heteroatoms. The summed E-state index contributed by atoms with van der Waals surface area (Å²) in [5, 5.41) is 0. The largest absolute Gasteiger partial charge is 0.549 e. The maximum atomic E-state index is 12.5. The summed E-state index contributed by atoms with van der Waals surface area (Å²) in [6.07, 6.45) is -3.91. The maximum Gasteiger partial charge on any atom is 0.549 e. The minimum atomic E-state index is -1.50. The Morgan fingerprint density at radius 2 is 0.673 bits per heavy atom. The van der Waals surface area contributed by atoms with Gasteiger partial charge >= 0.3 is 36.4 Å². The van der Waals surface area contributed by atoms with E-state index in [1.165, 1.54) is 36.4 Å². The van der Waals surface area contributed by atoms with Gasteiger partial charge in [0.25, 0.3) is 0 Å². The Balaban J connectivity index is 1.66. The molecular formula is C37H40O15. The van der Waals surface area contributed by atoms with Crippen LogP contribution in [0, 0.1) is 47.0 Å². The second-order valence-electron chi connectivity index (χ2n) is 12.4. The Bertz CT molecular complexity index is 1530. The molecule has 0 bridgehead atoms. The van der Waals surface area contributed by atoms with E-state index in [9.17, 15) is 28.8 Å². The van der Waals surface area contributed by atoms with Gasteiger partial charge in [-0.1, -0.05) is 64.9 Å². The van der Waals surface area contributed by atoms with Gasteiger partial charge in [0, 0.05) is 0 Å². The lowest BCUT2D eigenvalue weighted by Crippen LogP contribution is -2.40. The molecule has 0 amide bonds. The molecule has 0 atom stereocenters. The first-order chi connectivity index (χ1) is 24.6. The van der Waals surface area contributed by atoms with Crippen LogP contribution in [0.1, 0.15) is 84.2 Å². The van der Waals surface area contributed by atoms with Gasteiger partial charge in [-0.15, -0.1) is 0 Å². The Labute approximate surface area is 299 Å². The molecule has 0 aliphatic carbocycles. The molecule has 3 aromatic carbocycles. The van der Waals surface area contributed by atoms with Gasteiger partial charge in [-0.25, -0.2) is 43.7 Å². The van der Waals surface area contributed by atoms with E-state index >= 15 is 0 Å². The second-order valence-corrected chi connectivity index (χ2v) is 12.4. The summed E-state index contributed by atoms with van der Waals surface area (Å²) in [4.78, 5) is 102. The molecule has 0 radical (unpaired) electrons. The molecule has 0 aliphatic rings. The van der Waals surface area contributed by atoms with Crippen molar-refractivity contribution in [1.82, 2.24) is 0 Å². The highest BCUT2D eigenvalue weighted by molar-refractivity contribution is 5.91. The van der Waals surface area contributed by atoms with Crippen LogP contribution < -0.4 is 0 Å². The van der Waals surface area contributed by atoms with Gasteiger partial charge in [0.15, 0.2) is 0 Å². The van der Waals surface area contributed by atoms with Crippen molar-refractivity contribution in [3.8, 4) is 0 Å². The first kappa shape index (κ1) is 40.3. The van der Waals surface area contributed by atoms with E-state index in [1.807, 2.05) is 18.2 Å². The fourth-order valence-electron chi connectivity index (χ4n) is 5.22. The molecule has 278 valence electrons. The van der Waals surface area contributed by atoms with Crippen molar-refractivity contribution in [3.63, 3.8) is 0 Å². The first-order valence-corrected chi connectivity index (χ1v) is 16.0. The molecule has 0 fully saturated rings. The summed E-state index contributed by atoms with van der Waals surface area (Å²) in [7, 11) is 0. The fourth-order valence-corrected chi connectivity index (χ4v) is 5.22. The third-order valence-corrected chi connectivity index (χ3v) is 7.20. The molecule has 0 aliphatic heterocycles. The Hall–Kier alpha value is -6.12. The number of hydrogen-bond donors (Lipinski definition) is 0. The van der Waals surface area contributed by atoms with Gasteiger partial charge < -0.3 is 14.2 Å². The molecule has 0 spiro atoms. The van der Waals surface area contributed by atoms with E-state index in [0.29, 0.717) is 6.42 Å². The van der Waals surface area contributed by atoms with Crippen molar-refractivity contribution >= 4 is 36.4 Å². The molecule has 0 saturated carbocycles. The molecule has 0 saturated heterocycles. The number of hydrogen-bond acceptors (Lipinski definition) is 15. The number of carbonyl (C=O) groups excluding carboxylic acids is 6. The van der Waals surface area contributed by atoms with E-state index in [4.69, 9.17) is 14.2 Å². The Kier molecular flexibility index (Phi) is 14.5. The van der Waals surface area contributed by atoms with Crippen LogP contribution in [0.15, 0.2) is 54.6 Å². The molecule has 3 aromatic rings. The molecule has 0 aromatic heterocycles. The number of aryl methyl sites for hydroxylation is 6. The summed E-state index contributed by atoms with van der Waals surface area (Å²) in [5.74, 6) is -2.90. The summed E-state index contributed by atoms with van der Waals surface area (Å²) >= 11 is 0. The summed E-state index contributed by atoms with van der Waals surface area (Å²) in [5.41, 5.74) is 3.52. The van der Waals surface area contributed by atoms with Gasteiger partial charge in [0.1, 0.15) is 19.8 Å². The van der Waals surface area contributed by atoms with Gasteiger partial charge in [0.2, 0.25) is 0 Å². The lowest BCUT2D eigenvalue weighted by molar-refractivity contribution is -0.217. The summed E-state index contributed by atoms with van der Waals surface area (Å²) < 4.78 is 15.4. The maximum absolute atomic E-state index is 12.5. The summed E-state index contributed by atoms with van der Waals surface area (Å²) in [6.45, 7) is 10.4. The third kappa shape index (κ3) is 13.0. The van der Waals surface area contributed by atoms with Crippen molar-refractivity contribution < 1.29 is 72.3 Å². The Morgan fingerprint density at radius 3 is 0.904 bits per heavy atom. The molecule has 0 unspecified atom stereocenters. The summed E-state index contributed by atoms with van der Waals surface area (Å²) in [6, 6.07) is 14.7. The van der Waals surface area contributed by atoms with Crippen LogP contribution in [0.25, 0.3) is 0 Å². The predicted molar refractivity (Wildman–Crippen MR) is 179 cm³/mol. The van der Waals surface area contributed by atoms with Crippen molar-refractivity contribution in [1.29, 1.82) is 0 Å². The van der Waals surface area contributed by atoms with Crippen molar-refractivity contribution in [2.75, 3.05) is 19.8 Å². The van der Waals surface area contributed by atoms with E-state index in [-0.39, 0.29) is 23.1 Å². The van der Waals surface area contributed by atoms with Crippen molar-refractivity contribution in [3.05, 3.63) is 105 Å². The average molecular weight is 725 g/mol. The van der Waals surface area contributed by atoms with Crippen LogP contribution >= 0.6 is 0 Å². The Morgan fingerprint density at radius 1 is 0.423 bits per heavy atom. The van der Waals surface area contributed by atoms with Crippen LogP contribution in [-0.2, 0) is 43.5 Å². The lowest BCUT2D eigenvalue weighted by atomic mass is 9.86. The lowest BCUT2D eigenvalue weighted by Gasteiger charge is -2.30. The van der Waals surface area contributed by atoms with Crippen LogP contribution in [-0.4, -0.2) is 56.2 Å². The normalized spacial score (nSPS) is 10.7.